The number of aryl methyl sites for hydroxylation is 1. The van der Waals surface area contributed by atoms with Crippen LogP contribution >= 0.6 is 0 Å². The summed E-state index contributed by atoms with van der Waals surface area (Å²) < 4.78 is 26.6. The Balaban J connectivity index is 3.15. The average molecular weight is 316 g/mol. The summed E-state index contributed by atoms with van der Waals surface area (Å²) in [5, 5.41) is 19.8. The summed E-state index contributed by atoms with van der Waals surface area (Å²) in [5.41, 5.74) is -0.314. The number of hydrogen-bond donors (Lipinski definition) is 2. The maximum atomic E-state index is 12.2. The number of nitrogens with one attached hydrogen (secondary N) is 1. The summed E-state index contributed by atoms with van der Waals surface area (Å²) in [6.45, 7) is 2.74. The first-order valence-corrected chi connectivity index (χ1v) is 7.65. The number of carboxylic acid groups (broad SMARTS) is 1. The highest BCUT2D eigenvalue weighted by atomic mass is 32.2. The summed E-state index contributed by atoms with van der Waals surface area (Å²) in [5.74, 6) is -2.01. The van der Waals surface area contributed by atoms with E-state index in [4.69, 9.17) is 5.11 Å². The van der Waals surface area contributed by atoms with E-state index in [1.807, 2.05) is 0 Å². The molecule has 1 unspecified atom stereocenters. The molecule has 0 amide bonds. The molecule has 0 aliphatic carbocycles. The Kier molecular flexibility index (Phi) is 5.39. The molecule has 0 fully saturated rings. The minimum Gasteiger partial charge on any atom is -0.481 e. The van der Waals surface area contributed by atoms with Crippen LogP contribution in [0.2, 0.25) is 0 Å². The first-order valence-electron chi connectivity index (χ1n) is 6.17. The summed E-state index contributed by atoms with van der Waals surface area (Å²) in [6, 6.07) is 3.92. The largest absolute Gasteiger partial charge is 0.481 e. The predicted octanol–water partition coefficient (Wildman–Crippen LogP) is 1.29. The van der Waals surface area contributed by atoms with Crippen molar-refractivity contribution in [2.75, 3.05) is 6.54 Å². The number of nitro benzene ring substituents is 1. The molecule has 9 heteroatoms. The van der Waals surface area contributed by atoms with Crippen LogP contribution in [0.15, 0.2) is 23.1 Å². The number of rotatable bonds is 7. The van der Waals surface area contributed by atoms with Crippen LogP contribution < -0.4 is 4.72 Å². The van der Waals surface area contributed by atoms with Crippen molar-refractivity contribution in [3.05, 3.63) is 33.9 Å². The third kappa shape index (κ3) is 3.99. The van der Waals surface area contributed by atoms with Crippen molar-refractivity contribution in [2.24, 2.45) is 5.92 Å². The molecule has 21 heavy (non-hydrogen) atoms. The van der Waals surface area contributed by atoms with E-state index >= 15 is 0 Å². The topological polar surface area (TPSA) is 127 Å². The number of aliphatic carboxylic acids is 1. The molecule has 2 N–H and O–H groups in total. The van der Waals surface area contributed by atoms with Crippen molar-refractivity contribution in [1.82, 2.24) is 4.72 Å². The lowest BCUT2D eigenvalue weighted by Gasteiger charge is -2.13. The summed E-state index contributed by atoms with van der Waals surface area (Å²) in [4.78, 5) is 20.6. The highest BCUT2D eigenvalue weighted by molar-refractivity contribution is 7.89. The highest BCUT2D eigenvalue weighted by Crippen LogP contribution is 2.26. The van der Waals surface area contributed by atoms with Gasteiger partial charge < -0.3 is 5.11 Å². The van der Waals surface area contributed by atoms with E-state index in [9.17, 15) is 23.3 Å². The van der Waals surface area contributed by atoms with Gasteiger partial charge in [-0.25, -0.2) is 13.1 Å². The van der Waals surface area contributed by atoms with Gasteiger partial charge >= 0.3 is 5.97 Å². The zero-order chi connectivity index (χ0) is 16.2. The van der Waals surface area contributed by atoms with Crippen molar-refractivity contribution in [3.8, 4) is 0 Å². The highest BCUT2D eigenvalue weighted by Gasteiger charge is 2.29. The van der Waals surface area contributed by atoms with Crippen LogP contribution in [0.25, 0.3) is 0 Å². The molecular weight excluding hydrogens is 300 g/mol. The van der Waals surface area contributed by atoms with Crippen molar-refractivity contribution < 1.29 is 23.2 Å². The molecule has 0 spiro atoms. The Morgan fingerprint density at radius 1 is 1.48 bits per heavy atom. The predicted molar refractivity (Wildman–Crippen MR) is 74.4 cm³/mol. The van der Waals surface area contributed by atoms with E-state index in [-0.39, 0.29) is 18.5 Å². The first kappa shape index (κ1) is 17.1. The molecule has 1 atom stereocenters. The van der Waals surface area contributed by atoms with Crippen LogP contribution in [-0.2, 0) is 14.8 Å². The van der Waals surface area contributed by atoms with Crippen LogP contribution in [0.5, 0.6) is 0 Å². The standard InChI is InChI=1S/C12H16N2O6S/c1-3-9(12(15)16)7-13-21(19,20)11-8(2)5-4-6-10(11)14(17)18/h4-6,9,13H,3,7H2,1-2H3,(H,15,16). The molecule has 1 aromatic rings. The molecule has 0 aromatic heterocycles. The minimum absolute atomic E-state index is 0.222. The normalized spacial score (nSPS) is 12.9. The van der Waals surface area contributed by atoms with E-state index < -0.39 is 37.4 Å². The van der Waals surface area contributed by atoms with Crippen LogP contribution in [0, 0.1) is 23.0 Å². The van der Waals surface area contributed by atoms with Gasteiger partial charge in [0.15, 0.2) is 4.90 Å². The number of sulfonamides is 1. The quantitative estimate of drug-likeness (QED) is 0.576. The average Bonchev–Trinajstić information content (AvgIpc) is 2.38. The Morgan fingerprint density at radius 2 is 2.10 bits per heavy atom. The minimum atomic E-state index is -4.16. The second-order valence-corrected chi connectivity index (χ2v) is 6.18. The lowest BCUT2D eigenvalue weighted by atomic mass is 10.1. The van der Waals surface area contributed by atoms with E-state index in [1.54, 1.807) is 6.92 Å². The third-order valence-electron chi connectivity index (χ3n) is 3.02. The second-order valence-electron chi connectivity index (χ2n) is 4.48. The summed E-state index contributed by atoms with van der Waals surface area (Å²) in [6.07, 6.45) is 0.244. The molecule has 0 saturated carbocycles. The van der Waals surface area contributed by atoms with Gasteiger partial charge in [0, 0.05) is 12.6 Å². The lowest BCUT2D eigenvalue weighted by Crippen LogP contribution is -2.33. The van der Waals surface area contributed by atoms with Gasteiger partial charge in [-0.15, -0.1) is 0 Å². The molecule has 1 aromatic carbocycles. The maximum absolute atomic E-state index is 12.2. The third-order valence-corrected chi connectivity index (χ3v) is 4.63. The van der Waals surface area contributed by atoms with Crippen molar-refractivity contribution in [3.63, 3.8) is 0 Å². The van der Waals surface area contributed by atoms with Gasteiger partial charge in [0.05, 0.1) is 10.8 Å². The van der Waals surface area contributed by atoms with Gasteiger partial charge in [-0.1, -0.05) is 19.1 Å². The van der Waals surface area contributed by atoms with Crippen LogP contribution in [0.3, 0.4) is 0 Å². The molecule has 0 saturated heterocycles. The smallest absolute Gasteiger partial charge is 0.307 e. The molecule has 0 radical (unpaired) electrons. The summed E-state index contributed by atoms with van der Waals surface area (Å²) >= 11 is 0. The van der Waals surface area contributed by atoms with E-state index in [1.165, 1.54) is 19.1 Å². The van der Waals surface area contributed by atoms with Crippen molar-refractivity contribution in [2.45, 2.75) is 25.2 Å². The number of nitrogens with zero attached hydrogens (tertiary/aromatic N) is 1. The van der Waals surface area contributed by atoms with Crippen molar-refractivity contribution in [1.29, 1.82) is 0 Å². The van der Waals surface area contributed by atoms with Gasteiger partial charge in [0.25, 0.3) is 5.69 Å². The number of carbonyl (C=O) groups is 1. The summed E-state index contributed by atoms with van der Waals surface area (Å²) in [7, 11) is -4.16. The van der Waals surface area contributed by atoms with Crippen LogP contribution in [0.4, 0.5) is 5.69 Å². The molecular formula is C12H16N2O6S. The van der Waals surface area contributed by atoms with E-state index in [0.717, 1.165) is 6.07 Å². The molecule has 116 valence electrons. The fourth-order valence-corrected chi connectivity index (χ4v) is 3.29. The molecule has 0 aliphatic heterocycles. The molecule has 0 heterocycles. The fourth-order valence-electron chi connectivity index (χ4n) is 1.82. The number of benzene rings is 1. The van der Waals surface area contributed by atoms with Gasteiger partial charge in [-0.3, -0.25) is 14.9 Å². The molecule has 1 rings (SSSR count). The zero-order valence-corrected chi connectivity index (χ0v) is 12.4. The monoisotopic (exact) mass is 316 g/mol. The lowest BCUT2D eigenvalue weighted by molar-refractivity contribution is -0.387. The molecule has 8 nitrogen and oxygen atoms in total. The Labute approximate surface area is 122 Å². The molecule has 0 bridgehead atoms. The second kappa shape index (κ2) is 6.64. The number of nitro groups is 1. The Morgan fingerprint density at radius 3 is 2.57 bits per heavy atom. The van der Waals surface area contributed by atoms with Gasteiger partial charge in [-0.05, 0) is 18.9 Å². The molecule has 0 aliphatic rings. The van der Waals surface area contributed by atoms with E-state index in [0.29, 0.717) is 0 Å². The van der Waals surface area contributed by atoms with Crippen molar-refractivity contribution >= 4 is 21.7 Å². The van der Waals surface area contributed by atoms with Gasteiger partial charge in [0.2, 0.25) is 10.0 Å². The Hall–Kier alpha value is -2.00. The number of carboxylic acids is 1. The fraction of sp³-hybridized carbons (Fsp3) is 0.417. The van der Waals surface area contributed by atoms with Gasteiger partial charge in [0.1, 0.15) is 0 Å². The first-order chi connectivity index (χ1) is 9.70. The van der Waals surface area contributed by atoms with Crippen LogP contribution in [-0.4, -0.2) is 31.0 Å². The van der Waals surface area contributed by atoms with Gasteiger partial charge in [-0.2, -0.15) is 0 Å². The Bertz CT molecular complexity index is 656. The van der Waals surface area contributed by atoms with Crippen LogP contribution in [0.1, 0.15) is 18.9 Å². The SMILES string of the molecule is CCC(CNS(=O)(=O)c1c(C)cccc1[N+](=O)[O-])C(=O)O. The number of hydrogen-bond acceptors (Lipinski definition) is 5. The zero-order valence-electron chi connectivity index (χ0n) is 11.6. The maximum Gasteiger partial charge on any atom is 0.307 e. The van der Waals surface area contributed by atoms with E-state index in [2.05, 4.69) is 4.72 Å².